The molecule has 2 aromatic carbocycles. The number of benzene rings is 2. The van der Waals surface area contributed by atoms with Gasteiger partial charge in [0.2, 0.25) is 0 Å². The highest BCUT2D eigenvalue weighted by atomic mass is 32.1. The van der Waals surface area contributed by atoms with Gasteiger partial charge in [0.1, 0.15) is 23.4 Å². The second-order valence-corrected chi connectivity index (χ2v) is 7.36. The Kier molecular flexibility index (Phi) is 7.11. The lowest BCUT2D eigenvalue weighted by atomic mass is 10.0. The maximum Gasteiger partial charge on any atom is 0.170 e. The van der Waals surface area contributed by atoms with Crippen LogP contribution in [0, 0.1) is 25.2 Å². The number of aryl methyl sites for hydroxylation is 2. The van der Waals surface area contributed by atoms with E-state index in [0.29, 0.717) is 41.1 Å². The van der Waals surface area contributed by atoms with Gasteiger partial charge in [-0.05, 0) is 55.4 Å². The van der Waals surface area contributed by atoms with Crippen molar-refractivity contribution < 1.29 is 9.47 Å². The minimum Gasteiger partial charge on any atom is -0.497 e. The van der Waals surface area contributed by atoms with E-state index in [1.807, 2.05) is 37.3 Å². The number of thiocarbonyl (C=S) groups is 1. The Labute approximate surface area is 187 Å². The summed E-state index contributed by atoms with van der Waals surface area (Å²) in [6.45, 7) is 5.18. The maximum absolute atomic E-state index is 9.50. The Balaban J connectivity index is 1.61. The monoisotopic (exact) mass is 435 g/mol. The van der Waals surface area contributed by atoms with Crippen LogP contribution >= 0.6 is 12.2 Å². The number of rotatable bonds is 7. The zero-order valence-electron chi connectivity index (χ0n) is 18.0. The molecule has 7 nitrogen and oxygen atoms in total. The molecule has 0 atom stereocenters. The second kappa shape index (κ2) is 9.96. The Bertz CT molecular complexity index is 1160. The summed E-state index contributed by atoms with van der Waals surface area (Å²) in [5, 5.41) is 20.4. The number of anilines is 2. The van der Waals surface area contributed by atoms with E-state index in [1.165, 1.54) is 5.56 Å². The topological polar surface area (TPSA) is 91.2 Å². The number of pyridine rings is 1. The fourth-order valence-electron chi connectivity index (χ4n) is 3.13. The van der Waals surface area contributed by atoms with Gasteiger partial charge in [-0.15, -0.1) is 0 Å². The summed E-state index contributed by atoms with van der Waals surface area (Å²) < 4.78 is 10.6. The van der Waals surface area contributed by atoms with Gasteiger partial charge in [-0.2, -0.15) is 5.26 Å². The van der Waals surface area contributed by atoms with E-state index in [-0.39, 0.29) is 0 Å². The van der Waals surface area contributed by atoms with E-state index in [1.54, 1.807) is 20.3 Å². The molecule has 0 saturated carbocycles. The van der Waals surface area contributed by atoms with Crippen molar-refractivity contribution in [2.75, 3.05) is 37.9 Å². The molecule has 0 fully saturated rings. The van der Waals surface area contributed by atoms with E-state index in [9.17, 15) is 5.26 Å². The first kappa shape index (κ1) is 22.1. The molecule has 0 unspecified atom stereocenters. The van der Waals surface area contributed by atoms with Crippen molar-refractivity contribution in [3.05, 3.63) is 53.1 Å². The SMILES string of the molecule is COc1ccc(NC(=S)NCCNc2nc3c(C)c(C)ccc3cc2C#N)c(OC)c1. The molecule has 3 aromatic rings. The van der Waals surface area contributed by atoms with Crippen LogP contribution in [0.3, 0.4) is 0 Å². The van der Waals surface area contributed by atoms with Crippen LogP contribution in [0.1, 0.15) is 16.7 Å². The van der Waals surface area contributed by atoms with Crippen LogP contribution in [-0.2, 0) is 0 Å². The molecule has 0 amide bonds. The third-order valence-electron chi connectivity index (χ3n) is 4.99. The van der Waals surface area contributed by atoms with Gasteiger partial charge in [-0.1, -0.05) is 12.1 Å². The van der Waals surface area contributed by atoms with E-state index in [4.69, 9.17) is 26.7 Å². The highest BCUT2D eigenvalue weighted by molar-refractivity contribution is 7.80. The normalized spacial score (nSPS) is 10.3. The molecular formula is C23H25N5O2S. The molecule has 3 N–H and O–H groups in total. The number of nitrogens with one attached hydrogen (secondary N) is 3. The van der Waals surface area contributed by atoms with Crippen LogP contribution < -0.4 is 25.4 Å². The smallest absolute Gasteiger partial charge is 0.170 e. The summed E-state index contributed by atoms with van der Waals surface area (Å²) >= 11 is 5.37. The molecule has 1 aromatic heterocycles. The van der Waals surface area contributed by atoms with E-state index in [0.717, 1.165) is 22.2 Å². The van der Waals surface area contributed by atoms with Crippen LogP contribution in [0.2, 0.25) is 0 Å². The van der Waals surface area contributed by atoms with Crippen LogP contribution in [0.4, 0.5) is 11.5 Å². The van der Waals surface area contributed by atoms with Crippen LogP contribution in [0.5, 0.6) is 11.5 Å². The first-order chi connectivity index (χ1) is 15.0. The molecule has 0 aliphatic carbocycles. The third kappa shape index (κ3) is 5.13. The number of nitriles is 1. The predicted octanol–water partition coefficient (Wildman–Crippen LogP) is 4.14. The molecule has 0 radical (unpaired) electrons. The fourth-order valence-corrected chi connectivity index (χ4v) is 3.34. The van der Waals surface area contributed by atoms with Crippen molar-refractivity contribution in [1.29, 1.82) is 5.26 Å². The van der Waals surface area contributed by atoms with Gasteiger partial charge in [0, 0.05) is 24.5 Å². The van der Waals surface area contributed by atoms with Gasteiger partial charge in [0.25, 0.3) is 0 Å². The minimum absolute atomic E-state index is 0.462. The summed E-state index contributed by atoms with van der Waals surface area (Å²) in [4.78, 5) is 4.69. The van der Waals surface area contributed by atoms with Gasteiger partial charge in [0.15, 0.2) is 5.11 Å². The van der Waals surface area contributed by atoms with Crippen molar-refractivity contribution in [1.82, 2.24) is 10.3 Å². The molecule has 1 heterocycles. The van der Waals surface area contributed by atoms with Crippen LogP contribution in [-0.4, -0.2) is 37.4 Å². The number of hydrogen-bond donors (Lipinski definition) is 3. The maximum atomic E-state index is 9.50. The van der Waals surface area contributed by atoms with Crippen molar-refractivity contribution in [2.24, 2.45) is 0 Å². The lowest BCUT2D eigenvalue weighted by Crippen LogP contribution is -2.32. The third-order valence-corrected chi connectivity index (χ3v) is 5.24. The summed E-state index contributed by atoms with van der Waals surface area (Å²) in [5.74, 6) is 1.90. The Hall–Kier alpha value is -3.57. The van der Waals surface area contributed by atoms with Gasteiger partial charge >= 0.3 is 0 Å². The lowest BCUT2D eigenvalue weighted by Gasteiger charge is -2.15. The molecule has 0 aliphatic heterocycles. The quantitative estimate of drug-likeness (QED) is 0.377. The van der Waals surface area contributed by atoms with Crippen LogP contribution in [0.15, 0.2) is 36.4 Å². The van der Waals surface area contributed by atoms with Gasteiger partial charge in [-0.3, -0.25) is 0 Å². The average molecular weight is 436 g/mol. The molecule has 0 saturated heterocycles. The largest absolute Gasteiger partial charge is 0.497 e. The first-order valence-corrected chi connectivity index (χ1v) is 10.2. The molecule has 0 spiro atoms. The second-order valence-electron chi connectivity index (χ2n) is 6.95. The highest BCUT2D eigenvalue weighted by Crippen LogP contribution is 2.29. The summed E-state index contributed by atoms with van der Waals surface area (Å²) in [6.07, 6.45) is 0. The fraction of sp³-hybridized carbons (Fsp3) is 0.261. The van der Waals surface area contributed by atoms with Gasteiger partial charge in [0.05, 0.1) is 31.0 Å². The molecule has 31 heavy (non-hydrogen) atoms. The number of nitrogens with zero attached hydrogens (tertiary/aromatic N) is 2. The zero-order valence-corrected chi connectivity index (χ0v) is 18.8. The predicted molar refractivity (Wildman–Crippen MR) is 128 cm³/mol. The standard InChI is InChI=1S/C23H25N5O2S/c1-14-5-6-16-11-17(13-24)22(28-21(16)15(14)2)25-9-10-26-23(31)27-19-8-7-18(29-3)12-20(19)30-4/h5-8,11-12H,9-10H2,1-4H3,(H,25,28)(H2,26,27,31). The number of methoxy groups -OCH3 is 2. The number of hydrogen-bond acceptors (Lipinski definition) is 6. The van der Waals surface area contributed by atoms with Crippen molar-refractivity contribution >= 4 is 39.7 Å². The van der Waals surface area contributed by atoms with E-state index >= 15 is 0 Å². The number of ether oxygens (including phenoxy) is 2. The summed E-state index contributed by atoms with van der Waals surface area (Å²) in [6, 6.07) is 13.6. The van der Waals surface area contributed by atoms with Crippen molar-refractivity contribution in [3.8, 4) is 17.6 Å². The highest BCUT2D eigenvalue weighted by Gasteiger charge is 2.10. The van der Waals surface area contributed by atoms with Gasteiger partial charge in [-0.25, -0.2) is 4.98 Å². The molecule has 0 aliphatic rings. The molecule has 0 bridgehead atoms. The zero-order chi connectivity index (χ0) is 22.4. The Morgan fingerprint density at radius 2 is 1.90 bits per heavy atom. The Morgan fingerprint density at radius 1 is 1.10 bits per heavy atom. The minimum atomic E-state index is 0.462. The van der Waals surface area contributed by atoms with E-state index in [2.05, 4.69) is 28.9 Å². The summed E-state index contributed by atoms with van der Waals surface area (Å²) in [7, 11) is 3.19. The molecule has 160 valence electrons. The number of aromatic nitrogens is 1. The lowest BCUT2D eigenvalue weighted by molar-refractivity contribution is 0.395. The van der Waals surface area contributed by atoms with Crippen molar-refractivity contribution in [3.63, 3.8) is 0 Å². The molecule has 3 rings (SSSR count). The summed E-state index contributed by atoms with van der Waals surface area (Å²) in [5.41, 5.74) is 4.44. The van der Waals surface area contributed by atoms with E-state index < -0.39 is 0 Å². The molecular weight excluding hydrogens is 410 g/mol. The first-order valence-electron chi connectivity index (χ1n) is 9.78. The molecule has 8 heteroatoms. The van der Waals surface area contributed by atoms with Crippen molar-refractivity contribution in [2.45, 2.75) is 13.8 Å². The Morgan fingerprint density at radius 3 is 2.61 bits per heavy atom. The van der Waals surface area contributed by atoms with Crippen LogP contribution in [0.25, 0.3) is 10.9 Å². The number of fused-ring (bicyclic) bond motifs is 1. The van der Waals surface area contributed by atoms with Gasteiger partial charge < -0.3 is 25.4 Å². The average Bonchev–Trinajstić information content (AvgIpc) is 2.79.